The molecule has 0 atom stereocenters. The van der Waals surface area contributed by atoms with Crippen molar-refractivity contribution >= 4 is 35.2 Å². The van der Waals surface area contributed by atoms with Gasteiger partial charge in [0.15, 0.2) is 12.4 Å². The lowest BCUT2D eigenvalue weighted by Crippen LogP contribution is -2.18. The fraction of sp³-hybridized carbons (Fsp3) is 0.304. The van der Waals surface area contributed by atoms with Gasteiger partial charge >= 0.3 is 5.97 Å². The van der Waals surface area contributed by atoms with E-state index in [4.69, 9.17) is 9.26 Å². The van der Waals surface area contributed by atoms with Crippen molar-refractivity contribution in [1.29, 1.82) is 0 Å². The number of esters is 1. The molecule has 2 aromatic heterocycles. The summed E-state index contributed by atoms with van der Waals surface area (Å²) in [7, 11) is 0. The highest BCUT2D eigenvalue weighted by molar-refractivity contribution is 8.00. The fourth-order valence-electron chi connectivity index (χ4n) is 3.26. The Bertz CT molecular complexity index is 1200. The highest BCUT2D eigenvalue weighted by Gasteiger charge is 2.19. The van der Waals surface area contributed by atoms with Crippen LogP contribution in [0, 0.1) is 33.5 Å². The van der Waals surface area contributed by atoms with Crippen LogP contribution in [-0.2, 0) is 14.3 Å². The Morgan fingerprint density at radius 3 is 2.55 bits per heavy atom. The van der Waals surface area contributed by atoms with Crippen LogP contribution in [0.5, 0.6) is 0 Å². The molecule has 3 aromatic rings. The van der Waals surface area contributed by atoms with Gasteiger partial charge in [0, 0.05) is 28.7 Å². The van der Waals surface area contributed by atoms with Crippen molar-refractivity contribution in [3.63, 3.8) is 0 Å². The van der Waals surface area contributed by atoms with Crippen LogP contribution in [0.4, 0.5) is 10.2 Å². The van der Waals surface area contributed by atoms with Crippen molar-refractivity contribution in [2.45, 2.75) is 27.7 Å². The topological polar surface area (TPSA) is 103 Å². The van der Waals surface area contributed by atoms with Gasteiger partial charge in [-0.25, -0.2) is 4.39 Å². The number of aryl methyl sites for hydroxylation is 3. The van der Waals surface area contributed by atoms with Gasteiger partial charge in [-0.2, -0.15) is 0 Å². The summed E-state index contributed by atoms with van der Waals surface area (Å²) in [4.78, 5) is 36.4. The SMILES string of the molecule is Cc1cc(NC(=O)CSCC(=O)OCC(=O)c2cc(C)n(-c3ccc(C)c(F)c3)c2C)no1. The van der Waals surface area contributed by atoms with E-state index in [0.717, 1.165) is 17.5 Å². The molecule has 0 saturated heterocycles. The van der Waals surface area contributed by atoms with Gasteiger partial charge in [-0.05, 0) is 51.5 Å². The van der Waals surface area contributed by atoms with Gasteiger partial charge in [-0.1, -0.05) is 11.2 Å². The van der Waals surface area contributed by atoms with Gasteiger partial charge in [0.1, 0.15) is 11.6 Å². The number of aromatic nitrogens is 2. The van der Waals surface area contributed by atoms with Crippen LogP contribution in [0.3, 0.4) is 0 Å². The molecule has 1 amide bonds. The van der Waals surface area contributed by atoms with Gasteiger partial charge in [-0.15, -0.1) is 11.8 Å². The third-order valence-corrected chi connectivity index (χ3v) is 5.76. The molecule has 3 rings (SSSR count). The largest absolute Gasteiger partial charge is 0.457 e. The van der Waals surface area contributed by atoms with E-state index in [1.54, 1.807) is 49.6 Å². The van der Waals surface area contributed by atoms with Crippen LogP contribution in [0.2, 0.25) is 0 Å². The van der Waals surface area contributed by atoms with E-state index in [-0.39, 0.29) is 29.0 Å². The summed E-state index contributed by atoms with van der Waals surface area (Å²) in [5, 5.41) is 6.20. The predicted molar refractivity (Wildman–Crippen MR) is 122 cm³/mol. The lowest BCUT2D eigenvalue weighted by atomic mass is 10.1. The zero-order valence-corrected chi connectivity index (χ0v) is 19.5. The van der Waals surface area contributed by atoms with Crippen LogP contribution in [0.15, 0.2) is 34.9 Å². The minimum absolute atomic E-state index is 0.0171. The summed E-state index contributed by atoms with van der Waals surface area (Å²) in [6.07, 6.45) is 0. The lowest BCUT2D eigenvalue weighted by molar-refractivity contribution is -0.139. The Morgan fingerprint density at radius 1 is 1.12 bits per heavy atom. The molecule has 1 N–H and O–H groups in total. The van der Waals surface area contributed by atoms with E-state index in [2.05, 4.69) is 10.5 Å². The first-order valence-electron chi connectivity index (χ1n) is 10.1. The highest BCUT2D eigenvalue weighted by atomic mass is 32.2. The Hall–Kier alpha value is -3.40. The van der Waals surface area contributed by atoms with E-state index >= 15 is 0 Å². The Kier molecular flexibility index (Phi) is 7.70. The monoisotopic (exact) mass is 473 g/mol. The number of halogens is 1. The van der Waals surface area contributed by atoms with Crippen molar-refractivity contribution in [3.05, 3.63) is 64.4 Å². The molecular formula is C23H24FN3O5S. The molecule has 10 heteroatoms. The van der Waals surface area contributed by atoms with Crippen LogP contribution in [0.25, 0.3) is 5.69 Å². The maximum absolute atomic E-state index is 14.0. The summed E-state index contributed by atoms with van der Waals surface area (Å²) < 4.78 is 25.7. The molecule has 0 aliphatic carbocycles. The molecular weight excluding hydrogens is 449 g/mol. The third-order valence-electron chi connectivity index (χ3n) is 4.86. The number of hydrogen-bond donors (Lipinski definition) is 1. The van der Waals surface area contributed by atoms with E-state index in [1.165, 1.54) is 6.07 Å². The van der Waals surface area contributed by atoms with E-state index < -0.39 is 12.6 Å². The summed E-state index contributed by atoms with van der Waals surface area (Å²) >= 11 is 1.06. The molecule has 0 unspecified atom stereocenters. The molecule has 0 aliphatic rings. The first-order chi connectivity index (χ1) is 15.7. The van der Waals surface area contributed by atoms with E-state index in [1.807, 2.05) is 6.92 Å². The normalized spacial score (nSPS) is 10.8. The molecule has 0 fully saturated rings. The Morgan fingerprint density at radius 2 is 1.88 bits per heavy atom. The zero-order valence-electron chi connectivity index (χ0n) is 18.7. The van der Waals surface area contributed by atoms with Crippen LogP contribution in [0.1, 0.15) is 33.1 Å². The van der Waals surface area contributed by atoms with Gasteiger partial charge in [0.25, 0.3) is 0 Å². The number of Topliss-reactive ketones (excluding diaryl/α,β-unsaturated/α-hetero) is 1. The molecule has 0 spiro atoms. The fourth-order valence-corrected chi connectivity index (χ4v) is 3.87. The van der Waals surface area contributed by atoms with Crippen molar-refractivity contribution < 1.29 is 28.0 Å². The van der Waals surface area contributed by atoms with E-state index in [0.29, 0.717) is 34.1 Å². The summed E-state index contributed by atoms with van der Waals surface area (Å²) in [6, 6.07) is 8.14. The number of carbonyl (C=O) groups is 3. The molecule has 33 heavy (non-hydrogen) atoms. The number of benzene rings is 1. The number of amides is 1. The molecule has 2 heterocycles. The zero-order chi connectivity index (χ0) is 24.1. The number of ether oxygens (including phenoxy) is 1. The summed E-state index contributed by atoms with van der Waals surface area (Å²) in [5.41, 5.74) is 2.93. The Labute approximate surface area is 194 Å². The average molecular weight is 474 g/mol. The molecule has 174 valence electrons. The van der Waals surface area contributed by atoms with Gasteiger partial charge in [0.2, 0.25) is 11.7 Å². The van der Waals surface area contributed by atoms with Crippen LogP contribution < -0.4 is 5.32 Å². The number of rotatable bonds is 9. The second-order valence-electron chi connectivity index (χ2n) is 7.50. The minimum atomic E-state index is -0.604. The smallest absolute Gasteiger partial charge is 0.316 e. The maximum Gasteiger partial charge on any atom is 0.316 e. The van der Waals surface area contributed by atoms with E-state index in [9.17, 15) is 18.8 Å². The van der Waals surface area contributed by atoms with Gasteiger partial charge in [-0.3, -0.25) is 14.4 Å². The molecule has 0 radical (unpaired) electrons. The lowest BCUT2D eigenvalue weighted by Gasteiger charge is -2.11. The number of carbonyl (C=O) groups excluding carboxylic acids is 3. The second kappa shape index (κ2) is 10.5. The quantitative estimate of drug-likeness (QED) is 0.371. The number of thioether (sulfide) groups is 1. The van der Waals surface area contributed by atoms with Crippen LogP contribution in [-0.4, -0.2) is 45.5 Å². The second-order valence-corrected chi connectivity index (χ2v) is 8.49. The molecule has 8 nitrogen and oxygen atoms in total. The molecule has 0 aliphatic heterocycles. The maximum atomic E-state index is 14.0. The highest BCUT2D eigenvalue weighted by Crippen LogP contribution is 2.23. The van der Waals surface area contributed by atoms with Crippen molar-refractivity contribution in [2.75, 3.05) is 23.4 Å². The first-order valence-corrected chi connectivity index (χ1v) is 11.3. The minimum Gasteiger partial charge on any atom is -0.457 e. The van der Waals surface area contributed by atoms with Gasteiger partial charge in [0.05, 0.1) is 11.5 Å². The molecule has 1 aromatic carbocycles. The predicted octanol–water partition coefficient (Wildman–Crippen LogP) is 3.94. The molecule has 0 bridgehead atoms. The van der Waals surface area contributed by atoms with Crippen molar-refractivity contribution in [2.24, 2.45) is 0 Å². The summed E-state index contributed by atoms with van der Waals surface area (Å²) in [5.74, 6) is -0.826. The number of nitrogens with one attached hydrogen (secondary N) is 1. The van der Waals surface area contributed by atoms with Crippen molar-refractivity contribution in [1.82, 2.24) is 9.72 Å². The van der Waals surface area contributed by atoms with Crippen molar-refractivity contribution in [3.8, 4) is 5.69 Å². The van der Waals surface area contributed by atoms with Crippen LogP contribution >= 0.6 is 11.8 Å². The number of anilines is 1. The number of ketones is 1. The molecule has 0 saturated carbocycles. The standard InChI is InChI=1S/C23H24FN3O5S/c1-13-5-6-17(9-19(13)24)27-14(2)7-18(16(27)4)20(28)10-31-23(30)12-33-11-22(29)25-21-8-15(3)32-26-21/h5-9H,10-12H2,1-4H3,(H,25,26,29). The van der Waals surface area contributed by atoms with Gasteiger partial charge < -0.3 is 19.1 Å². The average Bonchev–Trinajstić information content (AvgIpc) is 3.30. The number of hydrogen-bond acceptors (Lipinski definition) is 7. The number of nitrogens with zero attached hydrogens (tertiary/aromatic N) is 2. The first kappa shape index (κ1) is 24.2. The summed E-state index contributed by atoms with van der Waals surface area (Å²) in [6.45, 7) is 6.53. The third kappa shape index (κ3) is 6.10. The Balaban J connectivity index is 1.50.